The highest BCUT2D eigenvalue weighted by molar-refractivity contribution is 7.71. The number of aromatic amines is 1. The average molecular weight is 371 g/mol. The zero-order chi connectivity index (χ0) is 18.3. The van der Waals surface area contributed by atoms with Crippen molar-refractivity contribution in [3.63, 3.8) is 0 Å². The SMILES string of the molecule is Cn1cc(-c2cc(C[SH](=O)=O)ccc2NCC2CC2)c2cc[nH]c2c1=O. The molecule has 26 heavy (non-hydrogen) atoms. The number of anilines is 1. The number of rotatable bonds is 6. The van der Waals surface area contributed by atoms with Crippen LogP contribution in [0, 0.1) is 5.92 Å². The van der Waals surface area contributed by atoms with Crippen LogP contribution in [-0.2, 0) is 23.5 Å². The Morgan fingerprint density at radius 3 is 2.77 bits per heavy atom. The minimum atomic E-state index is -2.49. The predicted octanol–water partition coefficient (Wildman–Crippen LogP) is 2.47. The van der Waals surface area contributed by atoms with Gasteiger partial charge in [0.25, 0.3) is 5.56 Å². The van der Waals surface area contributed by atoms with E-state index < -0.39 is 10.7 Å². The third kappa shape index (κ3) is 3.26. The van der Waals surface area contributed by atoms with Gasteiger partial charge in [-0.3, -0.25) is 4.79 Å². The molecule has 2 heterocycles. The van der Waals surface area contributed by atoms with Crippen molar-refractivity contribution < 1.29 is 8.42 Å². The van der Waals surface area contributed by atoms with Crippen molar-refractivity contribution in [3.05, 3.63) is 52.6 Å². The minimum absolute atomic E-state index is 0.00722. The number of fused-ring (bicyclic) bond motifs is 1. The predicted molar refractivity (Wildman–Crippen MR) is 104 cm³/mol. The molecule has 1 aliphatic rings. The van der Waals surface area contributed by atoms with E-state index in [4.69, 9.17) is 0 Å². The summed E-state index contributed by atoms with van der Waals surface area (Å²) in [5.41, 5.74) is 4.00. The molecule has 1 saturated carbocycles. The Bertz CT molecular complexity index is 1100. The van der Waals surface area contributed by atoms with E-state index in [9.17, 15) is 13.2 Å². The number of benzene rings is 1. The Hall–Kier alpha value is -2.54. The highest BCUT2D eigenvalue weighted by atomic mass is 32.2. The van der Waals surface area contributed by atoms with Gasteiger partial charge in [0.1, 0.15) is 16.2 Å². The fraction of sp³-hybridized carbons (Fsp3) is 0.316. The highest BCUT2D eigenvalue weighted by Crippen LogP contribution is 2.35. The normalized spacial score (nSPS) is 14.2. The van der Waals surface area contributed by atoms with E-state index in [1.807, 2.05) is 30.5 Å². The summed E-state index contributed by atoms with van der Waals surface area (Å²) < 4.78 is 23.9. The van der Waals surface area contributed by atoms with Gasteiger partial charge in [-0.15, -0.1) is 0 Å². The molecule has 3 aromatic rings. The van der Waals surface area contributed by atoms with Crippen molar-refractivity contribution in [1.82, 2.24) is 9.55 Å². The molecule has 0 spiro atoms. The smallest absolute Gasteiger partial charge is 0.274 e. The first-order valence-electron chi connectivity index (χ1n) is 8.68. The molecular formula is C19H21N3O3S. The maximum absolute atomic E-state index is 12.3. The first kappa shape index (κ1) is 16.9. The number of nitrogens with one attached hydrogen (secondary N) is 2. The Morgan fingerprint density at radius 2 is 2.04 bits per heavy atom. The molecule has 0 aliphatic heterocycles. The lowest BCUT2D eigenvalue weighted by molar-refractivity contribution is 0.614. The van der Waals surface area contributed by atoms with Gasteiger partial charge >= 0.3 is 0 Å². The van der Waals surface area contributed by atoms with Crippen LogP contribution in [0.25, 0.3) is 22.0 Å². The molecule has 136 valence electrons. The largest absolute Gasteiger partial charge is 0.384 e. The maximum atomic E-state index is 12.3. The van der Waals surface area contributed by atoms with Crippen molar-refractivity contribution in [1.29, 1.82) is 0 Å². The summed E-state index contributed by atoms with van der Waals surface area (Å²) in [6, 6.07) is 7.58. The maximum Gasteiger partial charge on any atom is 0.274 e. The van der Waals surface area contributed by atoms with Crippen LogP contribution in [0.5, 0.6) is 0 Å². The summed E-state index contributed by atoms with van der Waals surface area (Å²) in [5.74, 6) is 0.721. The third-order valence-electron chi connectivity index (χ3n) is 4.86. The van der Waals surface area contributed by atoms with Crippen molar-refractivity contribution in [2.45, 2.75) is 18.6 Å². The van der Waals surface area contributed by atoms with Crippen LogP contribution in [0.15, 0.2) is 41.5 Å². The van der Waals surface area contributed by atoms with Gasteiger partial charge in [0.05, 0.1) is 5.75 Å². The van der Waals surface area contributed by atoms with E-state index in [1.54, 1.807) is 17.8 Å². The molecule has 0 atom stereocenters. The number of hydrogen-bond donors (Lipinski definition) is 3. The number of aromatic nitrogens is 2. The van der Waals surface area contributed by atoms with Crippen LogP contribution in [0.1, 0.15) is 18.4 Å². The number of pyridine rings is 1. The quantitative estimate of drug-likeness (QED) is 0.581. The van der Waals surface area contributed by atoms with Gasteiger partial charge in [0.2, 0.25) is 0 Å². The standard InChI is InChI=1S/C19H21N3O3S/c1-22-10-16(14-6-7-20-18(14)19(22)23)15-8-13(11-26(24)25)4-5-17(15)21-9-12-2-3-12/h4-8,10,12,20-21,26H,2-3,9,11H2,1H3. The number of thiol groups is 1. The van der Waals surface area contributed by atoms with Crippen molar-refractivity contribution >= 4 is 27.3 Å². The first-order chi connectivity index (χ1) is 12.5. The summed E-state index contributed by atoms with van der Waals surface area (Å²) in [5, 5.41) is 4.34. The van der Waals surface area contributed by atoms with Gasteiger partial charge in [0, 0.05) is 48.2 Å². The second kappa shape index (κ2) is 6.64. The van der Waals surface area contributed by atoms with Crippen LogP contribution in [0.4, 0.5) is 5.69 Å². The monoisotopic (exact) mass is 371 g/mol. The molecule has 1 aromatic carbocycles. The molecular weight excluding hydrogens is 350 g/mol. The molecule has 4 rings (SSSR count). The van der Waals surface area contributed by atoms with E-state index in [0.29, 0.717) is 11.4 Å². The first-order valence-corrected chi connectivity index (χ1v) is 10.0. The second-order valence-corrected chi connectivity index (χ2v) is 7.90. The summed E-state index contributed by atoms with van der Waals surface area (Å²) in [7, 11) is -0.770. The fourth-order valence-electron chi connectivity index (χ4n) is 3.28. The van der Waals surface area contributed by atoms with E-state index in [1.165, 1.54) is 12.8 Å². The van der Waals surface area contributed by atoms with E-state index in [-0.39, 0.29) is 11.3 Å². The molecule has 1 fully saturated rings. The van der Waals surface area contributed by atoms with Crippen molar-refractivity contribution in [2.75, 3.05) is 11.9 Å². The topological polar surface area (TPSA) is 84.0 Å². The molecule has 1 aliphatic carbocycles. The summed E-state index contributed by atoms with van der Waals surface area (Å²) in [6.45, 7) is 0.907. The number of H-pyrrole nitrogens is 1. The van der Waals surface area contributed by atoms with Gasteiger partial charge < -0.3 is 14.9 Å². The van der Waals surface area contributed by atoms with Gasteiger partial charge in [-0.1, -0.05) is 6.07 Å². The van der Waals surface area contributed by atoms with Crippen molar-refractivity contribution in [2.24, 2.45) is 13.0 Å². The van der Waals surface area contributed by atoms with Crippen LogP contribution in [0.3, 0.4) is 0 Å². The molecule has 7 heteroatoms. The Labute approximate surface area is 152 Å². The average Bonchev–Trinajstić information content (AvgIpc) is 3.30. The summed E-state index contributed by atoms with van der Waals surface area (Å²) >= 11 is 0. The lowest BCUT2D eigenvalue weighted by Crippen LogP contribution is -2.16. The van der Waals surface area contributed by atoms with Crippen LogP contribution >= 0.6 is 0 Å². The molecule has 0 radical (unpaired) electrons. The number of nitrogens with zero attached hydrogens (tertiary/aromatic N) is 1. The van der Waals surface area contributed by atoms with Crippen LogP contribution in [0.2, 0.25) is 0 Å². The van der Waals surface area contributed by atoms with E-state index >= 15 is 0 Å². The number of aryl methyl sites for hydroxylation is 1. The second-order valence-electron chi connectivity index (χ2n) is 6.92. The lowest BCUT2D eigenvalue weighted by Gasteiger charge is -2.15. The lowest BCUT2D eigenvalue weighted by atomic mass is 9.99. The van der Waals surface area contributed by atoms with Gasteiger partial charge in [0.15, 0.2) is 0 Å². The van der Waals surface area contributed by atoms with Gasteiger partial charge in [-0.2, -0.15) is 0 Å². The molecule has 0 amide bonds. The zero-order valence-corrected chi connectivity index (χ0v) is 15.4. The zero-order valence-electron chi connectivity index (χ0n) is 14.5. The third-order valence-corrected chi connectivity index (χ3v) is 5.48. The Kier molecular flexibility index (Phi) is 4.32. The van der Waals surface area contributed by atoms with Crippen molar-refractivity contribution in [3.8, 4) is 11.1 Å². The molecule has 2 aromatic heterocycles. The Balaban J connectivity index is 1.88. The summed E-state index contributed by atoms with van der Waals surface area (Å²) in [4.78, 5) is 15.3. The Morgan fingerprint density at radius 1 is 1.23 bits per heavy atom. The molecule has 0 saturated heterocycles. The van der Waals surface area contributed by atoms with Crippen LogP contribution in [-0.4, -0.2) is 24.5 Å². The molecule has 6 nitrogen and oxygen atoms in total. The highest BCUT2D eigenvalue weighted by Gasteiger charge is 2.21. The number of hydrogen-bond acceptors (Lipinski definition) is 4. The van der Waals surface area contributed by atoms with E-state index in [2.05, 4.69) is 10.3 Å². The summed E-state index contributed by atoms with van der Waals surface area (Å²) in [6.07, 6.45) is 6.07. The van der Waals surface area contributed by atoms with E-state index in [0.717, 1.165) is 34.3 Å². The van der Waals surface area contributed by atoms with Gasteiger partial charge in [-0.25, -0.2) is 8.42 Å². The van der Waals surface area contributed by atoms with Crippen LogP contribution < -0.4 is 10.9 Å². The molecule has 2 N–H and O–H groups in total. The minimum Gasteiger partial charge on any atom is -0.384 e. The fourth-order valence-corrected chi connectivity index (χ4v) is 3.77. The van der Waals surface area contributed by atoms with Gasteiger partial charge in [-0.05, 0) is 42.5 Å². The molecule has 0 unspecified atom stereocenters. The molecule has 0 bridgehead atoms.